The Bertz CT molecular complexity index is 576. The molecule has 0 unspecified atom stereocenters. The van der Waals surface area contributed by atoms with Crippen molar-refractivity contribution in [3.05, 3.63) is 16.4 Å². The first kappa shape index (κ1) is 16.8. The van der Waals surface area contributed by atoms with E-state index in [0.717, 1.165) is 24.2 Å². The standard InChI is InChI=1S/C15H23ClN4O2/c1-10-15(16)11(2)20(17-10)9-14(22)19-7-5-13(6-8-19)18(4)12(3)21/h13H,5-9H2,1-4H3. The van der Waals surface area contributed by atoms with Crippen molar-refractivity contribution in [2.24, 2.45) is 0 Å². The van der Waals surface area contributed by atoms with E-state index in [9.17, 15) is 9.59 Å². The Hall–Kier alpha value is -1.56. The van der Waals surface area contributed by atoms with Gasteiger partial charge < -0.3 is 9.80 Å². The fourth-order valence-corrected chi connectivity index (χ4v) is 2.95. The lowest BCUT2D eigenvalue weighted by Crippen LogP contribution is -2.47. The maximum atomic E-state index is 12.4. The van der Waals surface area contributed by atoms with Crippen molar-refractivity contribution in [1.29, 1.82) is 0 Å². The van der Waals surface area contributed by atoms with Crippen molar-refractivity contribution in [3.8, 4) is 0 Å². The summed E-state index contributed by atoms with van der Waals surface area (Å²) >= 11 is 6.11. The van der Waals surface area contributed by atoms with Crippen LogP contribution in [0.1, 0.15) is 31.2 Å². The molecule has 0 aromatic carbocycles. The Morgan fingerprint density at radius 3 is 2.36 bits per heavy atom. The van der Waals surface area contributed by atoms with Crippen LogP contribution in [-0.4, -0.2) is 57.6 Å². The fraction of sp³-hybridized carbons (Fsp3) is 0.667. The maximum Gasteiger partial charge on any atom is 0.244 e. The van der Waals surface area contributed by atoms with Crippen molar-refractivity contribution in [3.63, 3.8) is 0 Å². The van der Waals surface area contributed by atoms with Gasteiger partial charge >= 0.3 is 0 Å². The molecule has 0 N–H and O–H groups in total. The molecule has 122 valence electrons. The van der Waals surface area contributed by atoms with Crippen LogP contribution in [0.2, 0.25) is 5.02 Å². The molecule has 0 saturated carbocycles. The van der Waals surface area contributed by atoms with Crippen LogP contribution in [0.25, 0.3) is 0 Å². The van der Waals surface area contributed by atoms with E-state index in [1.165, 1.54) is 0 Å². The summed E-state index contributed by atoms with van der Waals surface area (Å²) in [6, 6.07) is 0.227. The van der Waals surface area contributed by atoms with E-state index in [4.69, 9.17) is 11.6 Å². The molecule has 2 heterocycles. The van der Waals surface area contributed by atoms with Gasteiger partial charge in [-0.3, -0.25) is 14.3 Å². The minimum atomic E-state index is 0.0474. The highest BCUT2D eigenvalue weighted by Gasteiger charge is 2.26. The fourth-order valence-electron chi connectivity index (χ4n) is 2.82. The molecule has 0 aliphatic carbocycles. The summed E-state index contributed by atoms with van der Waals surface area (Å²) in [4.78, 5) is 27.4. The second kappa shape index (κ2) is 6.69. The molecule has 2 rings (SSSR count). The minimum absolute atomic E-state index is 0.0474. The molecule has 6 nitrogen and oxygen atoms in total. The van der Waals surface area contributed by atoms with Gasteiger partial charge in [0.1, 0.15) is 6.54 Å². The molecule has 2 amide bonds. The predicted molar refractivity (Wildman–Crippen MR) is 84.8 cm³/mol. The number of hydrogen-bond acceptors (Lipinski definition) is 3. The summed E-state index contributed by atoms with van der Waals surface area (Å²) in [5, 5.41) is 4.92. The monoisotopic (exact) mass is 326 g/mol. The zero-order valence-corrected chi connectivity index (χ0v) is 14.4. The molecule has 0 spiro atoms. The van der Waals surface area contributed by atoms with Crippen molar-refractivity contribution >= 4 is 23.4 Å². The number of aromatic nitrogens is 2. The highest BCUT2D eigenvalue weighted by Crippen LogP contribution is 2.20. The third kappa shape index (κ3) is 3.43. The summed E-state index contributed by atoms with van der Waals surface area (Å²) in [5.41, 5.74) is 1.56. The molecule has 1 saturated heterocycles. The molecule has 1 aromatic rings. The number of rotatable bonds is 3. The molecule has 1 fully saturated rings. The number of hydrogen-bond donors (Lipinski definition) is 0. The predicted octanol–water partition coefficient (Wildman–Crippen LogP) is 1.62. The van der Waals surface area contributed by atoms with Gasteiger partial charge in [-0.25, -0.2) is 0 Å². The van der Waals surface area contributed by atoms with E-state index in [2.05, 4.69) is 5.10 Å². The molecular weight excluding hydrogens is 304 g/mol. The average Bonchev–Trinajstić information content (AvgIpc) is 2.73. The van der Waals surface area contributed by atoms with Crippen LogP contribution >= 0.6 is 11.6 Å². The maximum absolute atomic E-state index is 12.4. The SMILES string of the molecule is CC(=O)N(C)C1CCN(C(=O)Cn2nc(C)c(Cl)c2C)CC1. The third-order valence-electron chi connectivity index (χ3n) is 4.44. The zero-order valence-electron chi connectivity index (χ0n) is 13.6. The van der Waals surface area contributed by atoms with Gasteiger partial charge in [0.05, 0.1) is 16.4 Å². The molecule has 0 atom stereocenters. The zero-order chi connectivity index (χ0) is 16.4. The molecule has 1 aromatic heterocycles. The molecular formula is C15H23ClN4O2. The lowest BCUT2D eigenvalue weighted by molar-refractivity contribution is -0.135. The van der Waals surface area contributed by atoms with Crippen LogP contribution in [0.5, 0.6) is 0 Å². The van der Waals surface area contributed by atoms with Gasteiger partial charge in [0.25, 0.3) is 0 Å². The first-order chi connectivity index (χ1) is 10.3. The first-order valence-electron chi connectivity index (χ1n) is 7.52. The summed E-state index contributed by atoms with van der Waals surface area (Å²) in [6.07, 6.45) is 1.64. The van der Waals surface area contributed by atoms with Gasteiger partial charge in [-0.15, -0.1) is 0 Å². The summed E-state index contributed by atoms with van der Waals surface area (Å²) < 4.78 is 1.66. The summed E-state index contributed by atoms with van der Waals surface area (Å²) in [6.45, 7) is 6.84. The Kier molecular flexibility index (Phi) is 5.11. The lowest BCUT2D eigenvalue weighted by atomic mass is 10.0. The van der Waals surface area contributed by atoms with Crippen LogP contribution in [-0.2, 0) is 16.1 Å². The van der Waals surface area contributed by atoms with Crippen molar-refractivity contribution in [2.45, 2.75) is 46.2 Å². The Morgan fingerprint density at radius 2 is 1.91 bits per heavy atom. The van der Waals surface area contributed by atoms with Crippen molar-refractivity contribution in [2.75, 3.05) is 20.1 Å². The van der Waals surface area contributed by atoms with Crippen LogP contribution in [0.3, 0.4) is 0 Å². The van der Waals surface area contributed by atoms with Crippen LogP contribution in [0.4, 0.5) is 0 Å². The van der Waals surface area contributed by atoms with Gasteiger partial charge in [0, 0.05) is 33.1 Å². The van der Waals surface area contributed by atoms with Gasteiger partial charge in [0.15, 0.2) is 0 Å². The van der Waals surface area contributed by atoms with Crippen molar-refractivity contribution in [1.82, 2.24) is 19.6 Å². The topological polar surface area (TPSA) is 58.4 Å². The Morgan fingerprint density at radius 1 is 1.32 bits per heavy atom. The van der Waals surface area contributed by atoms with Crippen LogP contribution < -0.4 is 0 Å². The van der Waals surface area contributed by atoms with Crippen molar-refractivity contribution < 1.29 is 9.59 Å². The highest BCUT2D eigenvalue weighted by molar-refractivity contribution is 6.31. The lowest BCUT2D eigenvalue weighted by Gasteiger charge is -2.36. The van der Waals surface area contributed by atoms with Gasteiger partial charge in [-0.2, -0.15) is 5.10 Å². The number of halogens is 1. The summed E-state index contributed by atoms with van der Waals surface area (Å²) in [5.74, 6) is 0.119. The van der Waals surface area contributed by atoms with Crippen LogP contribution in [0, 0.1) is 13.8 Å². The van der Waals surface area contributed by atoms with E-state index >= 15 is 0 Å². The second-order valence-electron chi connectivity index (χ2n) is 5.88. The number of nitrogens with zero attached hydrogens (tertiary/aromatic N) is 4. The molecule has 0 bridgehead atoms. The second-order valence-corrected chi connectivity index (χ2v) is 6.26. The smallest absolute Gasteiger partial charge is 0.244 e. The number of piperidine rings is 1. The van der Waals surface area contributed by atoms with Gasteiger partial charge in [-0.05, 0) is 26.7 Å². The Balaban J connectivity index is 1.92. The van der Waals surface area contributed by atoms with E-state index in [-0.39, 0.29) is 24.4 Å². The van der Waals surface area contributed by atoms with E-state index in [1.807, 2.05) is 25.8 Å². The molecule has 0 radical (unpaired) electrons. The van der Waals surface area contributed by atoms with E-state index in [0.29, 0.717) is 18.1 Å². The number of aryl methyl sites for hydroxylation is 1. The minimum Gasteiger partial charge on any atom is -0.343 e. The largest absolute Gasteiger partial charge is 0.343 e. The summed E-state index contributed by atoms with van der Waals surface area (Å²) in [7, 11) is 1.82. The third-order valence-corrected chi connectivity index (χ3v) is 4.99. The number of amides is 2. The average molecular weight is 327 g/mol. The number of carbonyl (C=O) groups is 2. The molecule has 1 aliphatic heterocycles. The normalized spacial score (nSPS) is 16.0. The Labute approximate surface area is 136 Å². The molecule has 1 aliphatic rings. The number of carbonyl (C=O) groups excluding carboxylic acids is 2. The van der Waals surface area contributed by atoms with E-state index < -0.39 is 0 Å². The quantitative estimate of drug-likeness (QED) is 0.848. The molecule has 22 heavy (non-hydrogen) atoms. The number of likely N-dealkylation sites (tertiary alicyclic amines) is 1. The van der Waals surface area contributed by atoms with Gasteiger partial charge in [-0.1, -0.05) is 11.6 Å². The van der Waals surface area contributed by atoms with Gasteiger partial charge in [0.2, 0.25) is 11.8 Å². The molecule has 7 heteroatoms. The van der Waals surface area contributed by atoms with Crippen LogP contribution in [0.15, 0.2) is 0 Å². The highest BCUT2D eigenvalue weighted by atomic mass is 35.5. The van der Waals surface area contributed by atoms with E-state index in [1.54, 1.807) is 16.5 Å². The first-order valence-corrected chi connectivity index (χ1v) is 7.89.